The lowest BCUT2D eigenvalue weighted by Gasteiger charge is -2.20. The number of carbonyl (C=O) groups is 1. The first-order chi connectivity index (χ1) is 11.1. The lowest BCUT2D eigenvalue weighted by Crippen LogP contribution is -2.34. The summed E-state index contributed by atoms with van der Waals surface area (Å²) in [4.78, 5) is 22.0. The number of benzene rings is 1. The van der Waals surface area contributed by atoms with Crippen LogP contribution >= 0.6 is 0 Å². The van der Waals surface area contributed by atoms with E-state index < -0.39 is 12.7 Å². The molecule has 1 atom stereocenters. The number of halogens is 2. The molecule has 1 saturated heterocycles. The number of hydrogen-bond acceptors (Lipinski definition) is 5. The number of rotatable bonds is 5. The molecular formula is C15H14F2N4O2. The molecule has 6 nitrogen and oxygen atoms in total. The number of para-hydroxylation sites is 2. The number of nitrogens with one attached hydrogen (secondary N) is 1. The summed E-state index contributed by atoms with van der Waals surface area (Å²) in [6.45, 7) is -2.55. The molecule has 1 N–H and O–H groups in total. The second-order valence-electron chi connectivity index (χ2n) is 4.89. The zero-order valence-corrected chi connectivity index (χ0v) is 12.0. The van der Waals surface area contributed by atoms with E-state index in [0.717, 1.165) is 0 Å². The zero-order chi connectivity index (χ0) is 16.2. The molecule has 1 aliphatic heterocycles. The monoisotopic (exact) mass is 320 g/mol. The van der Waals surface area contributed by atoms with Crippen LogP contribution in [0.15, 0.2) is 42.7 Å². The number of alkyl halides is 2. The number of hydrogen-bond donors (Lipinski definition) is 1. The van der Waals surface area contributed by atoms with Gasteiger partial charge in [-0.25, -0.2) is 9.97 Å². The van der Waals surface area contributed by atoms with Crippen LogP contribution < -0.4 is 15.0 Å². The Morgan fingerprint density at radius 1 is 1.22 bits per heavy atom. The quantitative estimate of drug-likeness (QED) is 0.915. The van der Waals surface area contributed by atoms with Crippen LogP contribution in [0.1, 0.15) is 6.42 Å². The van der Waals surface area contributed by atoms with Gasteiger partial charge in [-0.2, -0.15) is 8.78 Å². The van der Waals surface area contributed by atoms with Crippen molar-refractivity contribution in [3.63, 3.8) is 0 Å². The molecule has 0 spiro atoms. The third-order valence-electron chi connectivity index (χ3n) is 3.45. The van der Waals surface area contributed by atoms with Gasteiger partial charge >= 0.3 is 6.61 Å². The van der Waals surface area contributed by atoms with Gasteiger partial charge in [0.1, 0.15) is 11.8 Å². The number of ether oxygens (including phenoxy) is 1. The maximum absolute atomic E-state index is 12.5. The molecule has 8 heteroatoms. The zero-order valence-electron chi connectivity index (χ0n) is 12.0. The van der Waals surface area contributed by atoms with Gasteiger partial charge in [0, 0.05) is 18.9 Å². The van der Waals surface area contributed by atoms with Crippen LogP contribution in [0.3, 0.4) is 0 Å². The van der Waals surface area contributed by atoms with E-state index in [1.54, 1.807) is 36.7 Å². The van der Waals surface area contributed by atoms with E-state index in [2.05, 4.69) is 20.0 Å². The summed E-state index contributed by atoms with van der Waals surface area (Å²) < 4.78 is 29.5. The molecule has 120 valence electrons. The SMILES string of the molecule is O=C1[C@H](Nc2ncccn2)CCN1c1ccccc1OC(F)F. The van der Waals surface area contributed by atoms with Crippen molar-refractivity contribution in [2.75, 3.05) is 16.8 Å². The summed E-state index contributed by atoms with van der Waals surface area (Å²) in [6.07, 6.45) is 3.65. The second kappa shape index (κ2) is 6.55. The minimum absolute atomic E-state index is 0.0209. The highest BCUT2D eigenvalue weighted by molar-refractivity contribution is 6.01. The van der Waals surface area contributed by atoms with E-state index in [9.17, 15) is 13.6 Å². The maximum atomic E-state index is 12.5. The molecule has 0 saturated carbocycles. The molecule has 3 rings (SSSR count). The average Bonchev–Trinajstić information content (AvgIpc) is 2.89. The fraction of sp³-hybridized carbons (Fsp3) is 0.267. The van der Waals surface area contributed by atoms with Gasteiger partial charge in [-0.05, 0) is 24.6 Å². The van der Waals surface area contributed by atoms with Gasteiger partial charge in [0.25, 0.3) is 0 Å². The Kier molecular flexibility index (Phi) is 4.31. The third-order valence-corrected chi connectivity index (χ3v) is 3.45. The van der Waals surface area contributed by atoms with Gasteiger partial charge in [-0.3, -0.25) is 4.79 Å². The molecule has 2 aromatic rings. The van der Waals surface area contributed by atoms with Crippen LogP contribution in [0.2, 0.25) is 0 Å². The fourth-order valence-electron chi connectivity index (χ4n) is 2.46. The number of anilines is 2. The van der Waals surface area contributed by atoms with Crippen molar-refractivity contribution in [2.45, 2.75) is 19.1 Å². The summed E-state index contributed by atoms with van der Waals surface area (Å²) in [7, 11) is 0. The highest BCUT2D eigenvalue weighted by Gasteiger charge is 2.34. The van der Waals surface area contributed by atoms with Gasteiger partial charge in [-0.1, -0.05) is 12.1 Å². The van der Waals surface area contributed by atoms with Gasteiger partial charge in [0.15, 0.2) is 0 Å². The van der Waals surface area contributed by atoms with Crippen LogP contribution in [-0.4, -0.2) is 35.1 Å². The van der Waals surface area contributed by atoms with Gasteiger partial charge in [0.05, 0.1) is 5.69 Å². The molecule has 1 fully saturated rings. The standard InChI is InChI=1S/C15H14F2N4O2/c16-14(17)23-12-5-2-1-4-11(12)21-9-6-10(13(21)22)20-15-18-7-3-8-19-15/h1-5,7-8,10,14H,6,9H2,(H,18,19,20)/t10-/m1/s1. The Morgan fingerprint density at radius 3 is 2.70 bits per heavy atom. The largest absolute Gasteiger partial charge is 0.433 e. The molecule has 23 heavy (non-hydrogen) atoms. The minimum Gasteiger partial charge on any atom is -0.433 e. The van der Waals surface area contributed by atoms with E-state index in [0.29, 0.717) is 24.6 Å². The molecule has 1 aliphatic rings. The highest BCUT2D eigenvalue weighted by atomic mass is 19.3. The number of nitrogens with zero attached hydrogens (tertiary/aromatic N) is 3. The number of carbonyl (C=O) groups excluding carboxylic acids is 1. The normalized spacial score (nSPS) is 17.6. The average molecular weight is 320 g/mol. The third kappa shape index (κ3) is 3.36. The summed E-state index contributed by atoms with van der Waals surface area (Å²) >= 11 is 0. The maximum Gasteiger partial charge on any atom is 0.387 e. The van der Waals surface area contributed by atoms with Gasteiger partial charge < -0.3 is 15.0 Å². The van der Waals surface area contributed by atoms with Crippen LogP contribution in [-0.2, 0) is 4.79 Å². The van der Waals surface area contributed by atoms with Gasteiger partial charge in [0.2, 0.25) is 11.9 Å². The van der Waals surface area contributed by atoms with Crippen molar-refractivity contribution in [3.8, 4) is 5.75 Å². The Bertz CT molecular complexity index is 684. The molecule has 0 aliphatic carbocycles. The van der Waals surface area contributed by atoms with Crippen LogP contribution in [0, 0.1) is 0 Å². The first kappa shape index (κ1) is 15.1. The van der Waals surface area contributed by atoms with Crippen LogP contribution in [0.4, 0.5) is 20.4 Å². The molecule has 2 heterocycles. The van der Waals surface area contributed by atoms with Crippen LogP contribution in [0.5, 0.6) is 5.75 Å². The minimum atomic E-state index is -2.94. The lowest BCUT2D eigenvalue weighted by atomic mass is 10.2. The smallest absolute Gasteiger partial charge is 0.387 e. The van der Waals surface area contributed by atoms with Crippen molar-refractivity contribution in [3.05, 3.63) is 42.7 Å². The van der Waals surface area contributed by atoms with Crippen molar-refractivity contribution < 1.29 is 18.3 Å². The fourth-order valence-corrected chi connectivity index (χ4v) is 2.46. The van der Waals surface area contributed by atoms with Crippen molar-refractivity contribution >= 4 is 17.5 Å². The van der Waals surface area contributed by atoms with Crippen molar-refractivity contribution in [2.24, 2.45) is 0 Å². The Hall–Kier alpha value is -2.77. The van der Waals surface area contributed by atoms with E-state index in [1.807, 2.05) is 0 Å². The summed E-state index contributed by atoms with van der Waals surface area (Å²) in [5.41, 5.74) is 0.330. The lowest BCUT2D eigenvalue weighted by molar-refractivity contribution is -0.117. The number of aromatic nitrogens is 2. The van der Waals surface area contributed by atoms with Crippen LogP contribution in [0.25, 0.3) is 0 Å². The van der Waals surface area contributed by atoms with E-state index >= 15 is 0 Å². The second-order valence-corrected chi connectivity index (χ2v) is 4.89. The topological polar surface area (TPSA) is 67.4 Å². The summed E-state index contributed by atoms with van der Waals surface area (Å²) in [5, 5.41) is 2.95. The Morgan fingerprint density at radius 2 is 1.96 bits per heavy atom. The first-order valence-corrected chi connectivity index (χ1v) is 7.04. The molecule has 0 radical (unpaired) electrons. The Labute approximate surface area is 131 Å². The molecule has 1 amide bonds. The molecular weight excluding hydrogens is 306 g/mol. The van der Waals surface area contributed by atoms with Crippen molar-refractivity contribution in [1.82, 2.24) is 9.97 Å². The summed E-state index contributed by atoms with van der Waals surface area (Å²) in [5.74, 6) is 0.0973. The molecule has 0 unspecified atom stereocenters. The Balaban J connectivity index is 1.77. The van der Waals surface area contributed by atoms with E-state index in [-0.39, 0.29) is 11.7 Å². The van der Waals surface area contributed by atoms with E-state index in [4.69, 9.17) is 0 Å². The number of amides is 1. The first-order valence-electron chi connectivity index (χ1n) is 7.04. The molecule has 0 bridgehead atoms. The van der Waals surface area contributed by atoms with E-state index in [1.165, 1.54) is 11.0 Å². The summed E-state index contributed by atoms with van der Waals surface area (Å²) in [6, 6.07) is 7.41. The molecule has 1 aromatic heterocycles. The predicted molar refractivity (Wildman–Crippen MR) is 79.5 cm³/mol. The van der Waals surface area contributed by atoms with Gasteiger partial charge in [-0.15, -0.1) is 0 Å². The molecule has 1 aromatic carbocycles. The van der Waals surface area contributed by atoms with Crippen molar-refractivity contribution in [1.29, 1.82) is 0 Å². The highest BCUT2D eigenvalue weighted by Crippen LogP contribution is 2.32. The predicted octanol–water partition coefficient (Wildman–Crippen LogP) is 2.30.